The molecular formula is C19H25N3O3. The molecule has 1 saturated heterocycles. The zero-order valence-corrected chi connectivity index (χ0v) is 14.6. The number of aromatic hydroxyl groups is 1. The van der Waals surface area contributed by atoms with Gasteiger partial charge < -0.3 is 14.7 Å². The predicted molar refractivity (Wildman–Crippen MR) is 94.0 cm³/mol. The zero-order chi connectivity index (χ0) is 17.6. The van der Waals surface area contributed by atoms with Gasteiger partial charge in [-0.25, -0.2) is 0 Å². The number of carbonyl (C=O) groups excluding carboxylic acids is 1. The van der Waals surface area contributed by atoms with Crippen molar-refractivity contribution in [3.63, 3.8) is 0 Å². The van der Waals surface area contributed by atoms with E-state index in [1.807, 2.05) is 25.4 Å². The van der Waals surface area contributed by atoms with Crippen LogP contribution in [0.2, 0.25) is 0 Å². The predicted octanol–water partition coefficient (Wildman–Crippen LogP) is 2.27. The summed E-state index contributed by atoms with van der Waals surface area (Å²) in [5.41, 5.74) is 1.81. The Morgan fingerprint density at radius 3 is 2.96 bits per heavy atom. The van der Waals surface area contributed by atoms with Crippen molar-refractivity contribution < 1.29 is 14.6 Å². The summed E-state index contributed by atoms with van der Waals surface area (Å²) in [5.74, 6) is 0.294. The molecule has 1 aliphatic rings. The van der Waals surface area contributed by atoms with Gasteiger partial charge in [-0.15, -0.1) is 0 Å². The lowest BCUT2D eigenvalue weighted by atomic mass is 10.1. The van der Waals surface area contributed by atoms with E-state index in [0.29, 0.717) is 25.9 Å². The molecule has 1 atom stereocenters. The maximum atomic E-state index is 12.8. The summed E-state index contributed by atoms with van der Waals surface area (Å²) in [6, 6.07) is 7.17. The van der Waals surface area contributed by atoms with Crippen molar-refractivity contribution in [3.05, 3.63) is 47.8 Å². The first-order valence-corrected chi connectivity index (χ1v) is 8.75. The summed E-state index contributed by atoms with van der Waals surface area (Å²) < 4.78 is 7.44. The molecule has 1 amide bonds. The van der Waals surface area contributed by atoms with Gasteiger partial charge in [0.15, 0.2) is 0 Å². The molecule has 1 fully saturated rings. The highest BCUT2D eigenvalue weighted by Crippen LogP contribution is 2.21. The molecule has 134 valence electrons. The Kier molecular flexibility index (Phi) is 5.71. The fourth-order valence-corrected chi connectivity index (χ4v) is 3.15. The van der Waals surface area contributed by atoms with Crippen LogP contribution in [0.1, 0.15) is 30.4 Å². The third kappa shape index (κ3) is 4.82. The van der Waals surface area contributed by atoms with E-state index in [9.17, 15) is 9.90 Å². The number of hydrogen-bond donors (Lipinski definition) is 1. The molecule has 6 heteroatoms. The van der Waals surface area contributed by atoms with Gasteiger partial charge in [-0.3, -0.25) is 9.48 Å². The Bertz CT molecular complexity index is 707. The third-order valence-corrected chi connectivity index (χ3v) is 4.54. The summed E-state index contributed by atoms with van der Waals surface area (Å²) in [5, 5.41) is 14.2. The normalized spacial score (nSPS) is 16.9. The van der Waals surface area contributed by atoms with Gasteiger partial charge in [0.1, 0.15) is 5.75 Å². The Labute approximate surface area is 148 Å². The Morgan fingerprint density at radius 1 is 1.44 bits per heavy atom. The first kappa shape index (κ1) is 17.5. The highest BCUT2D eigenvalue weighted by molar-refractivity contribution is 5.76. The number of carbonyl (C=O) groups is 1. The van der Waals surface area contributed by atoms with Crippen LogP contribution in [0, 0.1) is 0 Å². The zero-order valence-electron chi connectivity index (χ0n) is 14.6. The molecule has 2 aromatic rings. The van der Waals surface area contributed by atoms with Gasteiger partial charge in [-0.05, 0) is 30.9 Å². The fraction of sp³-hybridized carbons (Fsp3) is 0.474. The number of aromatic nitrogens is 2. The number of aryl methyl sites for hydroxylation is 2. The molecule has 6 nitrogen and oxygen atoms in total. The van der Waals surface area contributed by atoms with Crippen LogP contribution >= 0.6 is 0 Å². The smallest absolute Gasteiger partial charge is 0.223 e. The second kappa shape index (κ2) is 8.16. The molecule has 2 heterocycles. The average molecular weight is 343 g/mol. The van der Waals surface area contributed by atoms with Gasteiger partial charge in [0.2, 0.25) is 5.91 Å². The van der Waals surface area contributed by atoms with Gasteiger partial charge >= 0.3 is 0 Å². The minimum Gasteiger partial charge on any atom is -0.508 e. The van der Waals surface area contributed by atoms with Crippen molar-refractivity contribution in [1.29, 1.82) is 0 Å². The molecule has 1 aromatic heterocycles. The number of ether oxygens (including phenoxy) is 1. The van der Waals surface area contributed by atoms with Crippen LogP contribution in [0.5, 0.6) is 5.75 Å². The number of benzene rings is 1. The number of phenols is 1. The summed E-state index contributed by atoms with van der Waals surface area (Å²) >= 11 is 0. The molecule has 1 N–H and O–H groups in total. The molecule has 1 aliphatic heterocycles. The van der Waals surface area contributed by atoms with E-state index in [0.717, 1.165) is 30.6 Å². The van der Waals surface area contributed by atoms with E-state index < -0.39 is 0 Å². The van der Waals surface area contributed by atoms with Gasteiger partial charge in [0.25, 0.3) is 0 Å². The van der Waals surface area contributed by atoms with E-state index in [2.05, 4.69) is 5.10 Å². The standard InChI is InChI=1S/C19H25N3O3/c1-21-12-15(11-20-21)8-9-19(24)22(14-17-6-4-10-25-17)13-16-5-2-3-7-18(16)23/h2-3,5,7,11-12,17,23H,4,6,8-10,13-14H2,1H3. The molecule has 0 saturated carbocycles. The average Bonchev–Trinajstić information content (AvgIpc) is 3.25. The molecule has 25 heavy (non-hydrogen) atoms. The minimum absolute atomic E-state index is 0.0719. The maximum Gasteiger partial charge on any atom is 0.223 e. The van der Waals surface area contributed by atoms with Gasteiger partial charge in [-0.2, -0.15) is 5.10 Å². The van der Waals surface area contributed by atoms with Crippen molar-refractivity contribution >= 4 is 5.91 Å². The Morgan fingerprint density at radius 2 is 2.28 bits per heavy atom. The number of rotatable bonds is 7. The van der Waals surface area contributed by atoms with E-state index >= 15 is 0 Å². The van der Waals surface area contributed by atoms with E-state index in [-0.39, 0.29) is 17.8 Å². The molecule has 0 bridgehead atoms. The molecular weight excluding hydrogens is 318 g/mol. The van der Waals surface area contributed by atoms with Crippen molar-refractivity contribution in [2.24, 2.45) is 7.05 Å². The number of amides is 1. The van der Waals surface area contributed by atoms with Crippen molar-refractivity contribution in [2.75, 3.05) is 13.2 Å². The Balaban J connectivity index is 1.65. The molecule has 0 spiro atoms. The second-order valence-electron chi connectivity index (χ2n) is 6.56. The number of hydrogen-bond acceptors (Lipinski definition) is 4. The topological polar surface area (TPSA) is 67.6 Å². The van der Waals surface area contributed by atoms with Gasteiger partial charge in [0, 0.05) is 44.9 Å². The second-order valence-corrected chi connectivity index (χ2v) is 6.56. The molecule has 0 aliphatic carbocycles. The lowest BCUT2D eigenvalue weighted by Crippen LogP contribution is -2.37. The van der Waals surface area contributed by atoms with Crippen molar-refractivity contribution in [1.82, 2.24) is 14.7 Å². The van der Waals surface area contributed by atoms with Crippen molar-refractivity contribution in [3.8, 4) is 5.75 Å². The lowest BCUT2D eigenvalue weighted by molar-refractivity contribution is -0.133. The Hall–Kier alpha value is -2.34. The van der Waals surface area contributed by atoms with Crippen LogP contribution in [0.25, 0.3) is 0 Å². The first-order valence-electron chi connectivity index (χ1n) is 8.75. The molecule has 3 rings (SSSR count). The highest BCUT2D eigenvalue weighted by Gasteiger charge is 2.23. The largest absolute Gasteiger partial charge is 0.508 e. The maximum absolute atomic E-state index is 12.8. The van der Waals surface area contributed by atoms with E-state index in [4.69, 9.17) is 4.74 Å². The van der Waals surface area contributed by atoms with Crippen LogP contribution < -0.4 is 0 Å². The lowest BCUT2D eigenvalue weighted by Gasteiger charge is -2.26. The summed E-state index contributed by atoms with van der Waals surface area (Å²) in [7, 11) is 1.87. The monoisotopic (exact) mass is 343 g/mol. The van der Waals surface area contributed by atoms with Crippen LogP contribution in [-0.2, 0) is 29.5 Å². The summed E-state index contributed by atoms with van der Waals surface area (Å²) in [6.07, 6.45) is 6.92. The number of para-hydroxylation sites is 1. The van der Waals surface area contributed by atoms with Crippen LogP contribution in [0.15, 0.2) is 36.7 Å². The van der Waals surface area contributed by atoms with Crippen LogP contribution in [0.3, 0.4) is 0 Å². The minimum atomic E-state index is 0.0719. The van der Waals surface area contributed by atoms with Crippen LogP contribution in [0.4, 0.5) is 0 Å². The molecule has 1 aromatic carbocycles. The summed E-state index contributed by atoms with van der Waals surface area (Å²) in [6.45, 7) is 1.73. The summed E-state index contributed by atoms with van der Waals surface area (Å²) in [4.78, 5) is 14.6. The van der Waals surface area contributed by atoms with Crippen LogP contribution in [-0.4, -0.2) is 44.9 Å². The SMILES string of the molecule is Cn1cc(CCC(=O)N(Cc2ccccc2O)CC2CCCO2)cn1. The number of nitrogens with zero attached hydrogens (tertiary/aromatic N) is 3. The van der Waals surface area contributed by atoms with E-state index in [1.165, 1.54) is 0 Å². The van der Waals surface area contributed by atoms with E-state index in [1.54, 1.807) is 27.9 Å². The first-order chi connectivity index (χ1) is 12.1. The molecule has 1 unspecified atom stereocenters. The third-order valence-electron chi connectivity index (χ3n) is 4.54. The number of phenolic OH excluding ortho intramolecular Hbond substituents is 1. The van der Waals surface area contributed by atoms with Gasteiger partial charge in [-0.1, -0.05) is 18.2 Å². The quantitative estimate of drug-likeness (QED) is 0.837. The highest BCUT2D eigenvalue weighted by atomic mass is 16.5. The van der Waals surface area contributed by atoms with Gasteiger partial charge in [0.05, 0.1) is 12.3 Å². The van der Waals surface area contributed by atoms with Crippen molar-refractivity contribution in [2.45, 2.75) is 38.3 Å². The fourth-order valence-electron chi connectivity index (χ4n) is 3.15. The molecule has 0 radical (unpaired) electrons.